The van der Waals surface area contributed by atoms with Gasteiger partial charge in [-0.25, -0.2) is 23.1 Å². The lowest BCUT2D eigenvalue weighted by Crippen LogP contribution is -2.29. The number of nitrogens with zero attached hydrogens (tertiary/aromatic N) is 4. The summed E-state index contributed by atoms with van der Waals surface area (Å²) in [7, 11) is -3.65. The Labute approximate surface area is 153 Å². The van der Waals surface area contributed by atoms with Crippen LogP contribution in [0.3, 0.4) is 0 Å². The molecular formula is C16H24N6O3S. The van der Waals surface area contributed by atoms with Crippen molar-refractivity contribution in [2.24, 2.45) is 0 Å². The van der Waals surface area contributed by atoms with Gasteiger partial charge in [-0.1, -0.05) is 5.16 Å². The molecular weight excluding hydrogens is 356 g/mol. The average molecular weight is 380 g/mol. The third kappa shape index (κ3) is 4.13. The normalized spacial score (nSPS) is 14.8. The second kappa shape index (κ2) is 7.58. The molecule has 0 aliphatic carbocycles. The molecule has 2 aromatic heterocycles. The Hall–Kier alpha value is -2.20. The topological polar surface area (TPSA) is 113 Å². The van der Waals surface area contributed by atoms with Gasteiger partial charge in [-0.3, -0.25) is 0 Å². The zero-order valence-electron chi connectivity index (χ0n) is 15.2. The van der Waals surface area contributed by atoms with E-state index in [1.165, 1.54) is 12.8 Å². The van der Waals surface area contributed by atoms with Crippen LogP contribution in [0.15, 0.2) is 15.5 Å². The zero-order chi connectivity index (χ0) is 18.7. The first-order valence-electron chi connectivity index (χ1n) is 8.64. The van der Waals surface area contributed by atoms with E-state index in [1.807, 2.05) is 13.0 Å². The van der Waals surface area contributed by atoms with Gasteiger partial charge in [0.25, 0.3) is 0 Å². The van der Waals surface area contributed by atoms with E-state index >= 15 is 0 Å². The molecule has 0 bridgehead atoms. The van der Waals surface area contributed by atoms with Crippen molar-refractivity contribution in [3.63, 3.8) is 0 Å². The summed E-state index contributed by atoms with van der Waals surface area (Å²) in [4.78, 5) is 11.2. The Kier molecular flexibility index (Phi) is 5.42. The van der Waals surface area contributed by atoms with E-state index < -0.39 is 10.0 Å². The van der Waals surface area contributed by atoms with Gasteiger partial charge in [0, 0.05) is 32.2 Å². The molecule has 1 saturated heterocycles. The summed E-state index contributed by atoms with van der Waals surface area (Å²) < 4.78 is 32.2. The van der Waals surface area contributed by atoms with Gasteiger partial charge in [0.2, 0.25) is 10.0 Å². The van der Waals surface area contributed by atoms with Crippen LogP contribution in [0.2, 0.25) is 0 Å². The van der Waals surface area contributed by atoms with Gasteiger partial charge in [-0.15, -0.1) is 0 Å². The summed E-state index contributed by atoms with van der Waals surface area (Å²) in [5, 5.41) is 6.84. The number of aromatic nitrogens is 3. The van der Waals surface area contributed by atoms with Crippen molar-refractivity contribution in [1.82, 2.24) is 19.8 Å². The monoisotopic (exact) mass is 380 g/mol. The smallest absolute Gasteiger partial charge is 0.246 e. The number of anilines is 2. The van der Waals surface area contributed by atoms with Crippen LogP contribution < -0.4 is 14.9 Å². The standard InChI is InChI=1S/C16H24N6O3S/c1-11-16(12(2)25-21-11)26(23,24)18-7-6-17-14-10-15(20-13(3)19-14)22-8-4-5-9-22/h10,18H,4-9H2,1-3H3,(H,17,19,20). The lowest BCUT2D eigenvalue weighted by molar-refractivity contribution is 0.390. The molecule has 1 aliphatic heterocycles. The molecule has 10 heteroatoms. The van der Waals surface area contributed by atoms with Crippen LogP contribution in [0, 0.1) is 20.8 Å². The highest BCUT2D eigenvalue weighted by molar-refractivity contribution is 7.89. The molecule has 2 N–H and O–H groups in total. The molecule has 2 aromatic rings. The summed E-state index contributed by atoms with van der Waals surface area (Å²) >= 11 is 0. The summed E-state index contributed by atoms with van der Waals surface area (Å²) in [6.45, 7) is 7.67. The molecule has 3 rings (SSSR count). The van der Waals surface area contributed by atoms with Crippen LogP contribution in [0.4, 0.5) is 11.6 Å². The largest absolute Gasteiger partial charge is 0.369 e. The molecule has 0 unspecified atom stereocenters. The van der Waals surface area contributed by atoms with Gasteiger partial charge in [0.1, 0.15) is 28.0 Å². The maximum atomic E-state index is 12.4. The van der Waals surface area contributed by atoms with Gasteiger partial charge >= 0.3 is 0 Å². The van der Waals surface area contributed by atoms with E-state index in [4.69, 9.17) is 4.52 Å². The van der Waals surface area contributed by atoms with Crippen molar-refractivity contribution in [3.05, 3.63) is 23.3 Å². The fourth-order valence-corrected chi connectivity index (χ4v) is 4.41. The Balaban J connectivity index is 1.58. The third-order valence-electron chi connectivity index (χ3n) is 4.21. The van der Waals surface area contributed by atoms with E-state index in [0.29, 0.717) is 23.9 Å². The van der Waals surface area contributed by atoms with Crippen LogP contribution in [-0.4, -0.2) is 49.7 Å². The fourth-order valence-electron chi connectivity index (χ4n) is 3.06. The van der Waals surface area contributed by atoms with Crippen molar-refractivity contribution in [3.8, 4) is 0 Å². The number of sulfonamides is 1. The second-order valence-electron chi connectivity index (χ2n) is 6.33. The molecule has 0 atom stereocenters. The van der Waals surface area contributed by atoms with Crippen LogP contribution in [-0.2, 0) is 10.0 Å². The Morgan fingerprint density at radius 2 is 1.88 bits per heavy atom. The van der Waals surface area contributed by atoms with Crippen LogP contribution in [0.25, 0.3) is 0 Å². The van der Waals surface area contributed by atoms with Crippen molar-refractivity contribution < 1.29 is 12.9 Å². The molecule has 0 amide bonds. The predicted octanol–water partition coefficient (Wildman–Crippen LogP) is 1.38. The maximum absolute atomic E-state index is 12.4. The molecule has 1 fully saturated rings. The van der Waals surface area contributed by atoms with Crippen LogP contribution in [0.1, 0.15) is 30.1 Å². The molecule has 0 spiro atoms. The second-order valence-corrected chi connectivity index (χ2v) is 8.03. The van der Waals surface area contributed by atoms with E-state index in [0.717, 1.165) is 18.9 Å². The fraction of sp³-hybridized carbons (Fsp3) is 0.562. The average Bonchev–Trinajstić information content (AvgIpc) is 3.21. The minimum absolute atomic E-state index is 0.103. The molecule has 142 valence electrons. The van der Waals surface area contributed by atoms with E-state index in [-0.39, 0.29) is 17.2 Å². The van der Waals surface area contributed by atoms with Crippen molar-refractivity contribution >= 4 is 21.7 Å². The third-order valence-corrected chi connectivity index (χ3v) is 5.92. The molecule has 3 heterocycles. The van der Waals surface area contributed by atoms with E-state index in [1.54, 1.807) is 13.8 Å². The Bertz CT molecular complexity index is 855. The number of aryl methyl sites for hydroxylation is 3. The van der Waals surface area contributed by atoms with Crippen molar-refractivity contribution in [2.45, 2.75) is 38.5 Å². The first-order valence-corrected chi connectivity index (χ1v) is 10.1. The minimum atomic E-state index is -3.65. The van der Waals surface area contributed by atoms with Gasteiger partial charge in [0.15, 0.2) is 5.76 Å². The quantitative estimate of drug-likeness (QED) is 0.693. The van der Waals surface area contributed by atoms with Crippen molar-refractivity contribution in [1.29, 1.82) is 0 Å². The summed E-state index contributed by atoms with van der Waals surface area (Å²) in [6.07, 6.45) is 2.35. The lowest BCUT2D eigenvalue weighted by atomic mass is 10.4. The number of nitrogens with one attached hydrogen (secondary N) is 2. The minimum Gasteiger partial charge on any atom is -0.369 e. The molecule has 9 nitrogen and oxygen atoms in total. The number of rotatable bonds is 7. The summed E-state index contributed by atoms with van der Waals surface area (Å²) in [5.74, 6) is 2.57. The Morgan fingerprint density at radius 3 is 2.54 bits per heavy atom. The first kappa shape index (κ1) is 18.6. The van der Waals surface area contributed by atoms with Gasteiger partial charge in [-0.2, -0.15) is 0 Å². The van der Waals surface area contributed by atoms with Gasteiger partial charge < -0.3 is 14.7 Å². The molecule has 1 aliphatic rings. The molecule has 0 saturated carbocycles. The van der Waals surface area contributed by atoms with E-state index in [2.05, 4.69) is 30.1 Å². The van der Waals surface area contributed by atoms with Crippen LogP contribution in [0.5, 0.6) is 0 Å². The van der Waals surface area contributed by atoms with E-state index in [9.17, 15) is 8.42 Å². The number of hydrogen-bond acceptors (Lipinski definition) is 8. The first-order chi connectivity index (χ1) is 12.4. The lowest BCUT2D eigenvalue weighted by Gasteiger charge is -2.17. The summed E-state index contributed by atoms with van der Waals surface area (Å²) in [5.41, 5.74) is 0.352. The van der Waals surface area contributed by atoms with Crippen molar-refractivity contribution in [2.75, 3.05) is 36.4 Å². The highest BCUT2D eigenvalue weighted by Crippen LogP contribution is 2.21. The summed E-state index contributed by atoms with van der Waals surface area (Å²) in [6, 6.07) is 1.90. The predicted molar refractivity (Wildman–Crippen MR) is 97.9 cm³/mol. The molecule has 26 heavy (non-hydrogen) atoms. The number of hydrogen-bond donors (Lipinski definition) is 2. The van der Waals surface area contributed by atoms with Crippen LogP contribution >= 0.6 is 0 Å². The maximum Gasteiger partial charge on any atom is 0.246 e. The highest BCUT2D eigenvalue weighted by atomic mass is 32.2. The molecule has 0 aromatic carbocycles. The SMILES string of the molecule is Cc1nc(NCCNS(=O)(=O)c2c(C)noc2C)cc(N2CCCC2)n1. The zero-order valence-corrected chi connectivity index (χ0v) is 16.1. The highest BCUT2D eigenvalue weighted by Gasteiger charge is 2.23. The Morgan fingerprint density at radius 1 is 1.15 bits per heavy atom. The van der Waals surface area contributed by atoms with Gasteiger partial charge in [0.05, 0.1) is 0 Å². The molecule has 0 radical (unpaired) electrons. The van der Waals surface area contributed by atoms with Gasteiger partial charge in [-0.05, 0) is 33.6 Å².